The van der Waals surface area contributed by atoms with Gasteiger partial charge in [0.25, 0.3) is 5.91 Å². The Labute approximate surface area is 144 Å². The van der Waals surface area contributed by atoms with Crippen LogP contribution < -0.4 is 9.47 Å². The number of carbonyl (C=O) groups is 1. The fourth-order valence-electron chi connectivity index (χ4n) is 2.70. The van der Waals surface area contributed by atoms with Crippen molar-refractivity contribution in [1.29, 1.82) is 0 Å². The lowest BCUT2D eigenvalue weighted by Gasteiger charge is -2.32. The lowest BCUT2D eigenvalue weighted by molar-refractivity contribution is 0.0511. The summed E-state index contributed by atoms with van der Waals surface area (Å²) in [5.41, 5.74) is 0.433. The van der Waals surface area contributed by atoms with Crippen LogP contribution in [-0.2, 0) is 0 Å². The number of pyridine rings is 1. The van der Waals surface area contributed by atoms with E-state index in [0.717, 1.165) is 25.2 Å². The molecule has 1 unspecified atom stereocenters. The summed E-state index contributed by atoms with van der Waals surface area (Å²) in [6.07, 6.45) is 5.03. The van der Waals surface area contributed by atoms with Crippen molar-refractivity contribution in [3.8, 4) is 11.9 Å². The van der Waals surface area contributed by atoms with Gasteiger partial charge in [0, 0.05) is 12.7 Å². The minimum Gasteiger partial charge on any atom is -0.477 e. The Morgan fingerprint density at radius 1 is 1.36 bits per heavy atom. The molecule has 8 heteroatoms. The van der Waals surface area contributed by atoms with E-state index in [1.807, 2.05) is 6.92 Å². The van der Waals surface area contributed by atoms with E-state index in [2.05, 4.69) is 15.0 Å². The highest BCUT2D eigenvalue weighted by Crippen LogP contribution is 2.21. The van der Waals surface area contributed by atoms with Gasteiger partial charge in [0.1, 0.15) is 11.7 Å². The van der Waals surface area contributed by atoms with Gasteiger partial charge in [-0.05, 0) is 31.9 Å². The molecule has 0 saturated carbocycles. The Balaban J connectivity index is 1.68. The Bertz CT molecular complexity index is 726. The SMILES string of the molecule is CCOc1ncccc1C(=O)N1CCCC(Oc2ncc(F)cn2)C1. The number of piperidine rings is 1. The number of ether oxygens (including phenoxy) is 2. The first-order chi connectivity index (χ1) is 12.2. The van der Waals surface area contributed by atoms with Gasteiger partial charge in [0.05, 0.1) is 25.5 Å². The molecule has 7 nitrogen and oxygen atoms in total. The smallest absolute Gasteiger partial charge is 0.316 e. The molecule has 3 rings (SSSR count). The molecule has 2 aromatic heterocycles. The molecule has 132 valence electrons. The normalized spacial score (nSPS) is 17.2. The predicted molar refractivity (Wildman–Crippen MR) is 86.9 cm³/mol. The van der Waals surface area contributed by atoms with Crippen molar-refractivity contribution < 1.29 is 18.7 Å². The second-order valence-electron chi connectivity index (χ2n) is 5.61. The highest BCUT2D eigenvalue weighted by atomic mass is 19.1. The average Bonchev–Trinajstić information content (AvgIpc) is 2.64. The maximum Gasteiger partial charge on any atom is 0.316 e. The zero-order chi connectivity index (χ0) is 17.6. The third-order valence-corrected chi connectivity index (χ3v) is 3.82. The fraction of sp³-hybridized carbons (Fsp3) is 0.412. The molecule has 1 atom stereocenters. The Kier molecular flexibility index (Phi) is 5.37. The number of aromatic nitrogens is 3. The van der Waals surface area contributed by atoms with Crippen molar-refractivity contribution >= 4 is 5.91 Å². The van der Waals surface area contributed by atoms with E-state index < -0.39 is 5.82 Å². The molecule has 0 N–H and O–H groups in total. The summed E-state index contributed by atoms with van der Waals surface area (Å²) in [5, 5.41) is 0. The van der Waals surface area contributed by atoms with Gasteiger partial charge in [-0.2, -0.15) is 0 Å². The van der Waals surface area contributed by atoms with E-state index in [1.54, 1.807) is 23.2 Å². The molecule has 0 aliphatic carbocycles. The molecule has 1 fully saturated rings. The van der Waals surface area contributed by atoms with Crippen LogP contribution in [0.4, 0.5) is 4.39 Å². The zero-order valence-electron chi connectivity index (χ0n) is 13.9. The van der Waals surface area contributed by atoms with Crippen molar-refractivity contribution in [2.75, 3.05) is 19.7 Å². The molecule has 1 aliphatic heterocycles. The van der Waals surface area contributed by atoms with E-state index in [-0.39, 0.29) is 18.0 Å². The van der Waals surface area contributed by atoms with Gasteiger partial charge in [-0.1, -0.05) is 0 Å². The maximum absolute atomic E-state index is 12.9. The van der Waals surface area contributed by atoms with Crippen molar-refractivity contribution in [1.82, 2.24) is 19.9 Å². The summed E-state index contributed by atoms with van der Waals surface area (Å²) in [6, 6.07) is 3.52. The van der Waals surface area contributed by atoms with Crippen molar-refractivity contribution in [3.05, 3.63) is 42.1 Å². The largest absolute Gasteiger partial charge is 0.477 e. The lowest BCUT2D eigenvalue weighted by atomic mass is 10.1. The summed E-state index contributed by atoms with van der Waals surface area (Å²) in [4.78, 5) is 26.2. The van der Waals surface area contributed by atoms with Crippen molar-refractivity contribution in [2.45, 2.75) is 25.9 Å². The number of amides is 1. The first kappa shape index (κ1) is 17.1. The van der Waals surface area contributed by atoms with Gasteiger partial charge >= 0.3 is 6.01 Å². The molecule has 0 bridgehead atoms. The molecule has 2 aromatic rings. The van der Waals surface area contributed by atoms with Crippen LogP contribution in [-0.4, -0.2) is 51.6 Å². The fourth-order valence-corrected chi connectivity index (χ4v) is 2.70. The first-order valence-electron chi connectivity index (χ1n) is 8.18. The van der Waals surface area contributed by atoms with Gasteiger partial charge in [0.2, 0.25) is 5.88 Å². The van der Waals surface area contributed by atoms with Crippen LogP contribution in [0.25, 0.3) is 0 Å². The highest BCUT2D eigenvalue weighted by Gasteiger charge is 2.28. The summed E-state index contributed by atoms with van der Waals surface area (Å²) in [6.45, 7) is 3.31. The average molecular weight is 346 g/mol. The van der Waals surface area contributed by atoms with Gasteiger partial charge in [0.15, 0.2) is 5.82 Å². The number of hydrogen-bond donors (Lipinski definition) is 0. The van der Waals surface area contributed by atoms with Crippen LogP contribution in [0.2, 0.25) is 0 Å². The quantitative estimate of drug-likeness (QED) is 0.825. The molecule has 25 heavy (non-hydrogen) atoms. The van der Waals surface area contributed by atoms with Crippen LogP contribution in [0.1, 0.15) is 30.1 Å². The van der Waals surface area contributed by atoms with E-state index >= 15 is 0 Å². The molecule has 3 heterocycles. The summed E-state index contributed by atoms with van der Waals surface area (Å²) < 4.78 is 24.0. The molecular weight excluding hydrogens is 327 g/mol. The molecule has 0 aromatic carbocycles. The minimum atomic E-state index is -0.521. The van der Waals surface area contributed by atoms with E-state index in [0.29, 0.717) is 31.1 Å². The van der Waals surface area contributed by atoms with Crippen LogP contribution in [0.5, 0.6) is 11.9 Å². The predicted octanol–water partition coefficient (Wildman–Crippen LogP) is 2.09. The minimum absolute atomic E-state index is 0.108. The van der Waals surface area contributed by atoms with E-state index in [1.165, 1.54) is 0 Å². The molecular formula is C17H19FN4O3. The Hall–Kier alpha value is -2.77. The second kappa shape index (κ2) is 7.87. The van der Waals surface area contributed by atoms with E-state index in [9.17, 15) is 9.18 Å². The Morgan fingerprint density at radius 2 is 2.16 bits per heavy atom. The number of carbonyl (C=O) groups excluding carboxylic acids is 1. The van der Waals surface area contributed by atoms with E-state index in [4.69, 9.17) is 9.47 Å². The number of hydrogen-bond acceptors (Lipinski definition) is 6. The number of nitrogens with zero attached hydrogens (tertiary/aromatic N) is 4. The third-order valence-electron chi connectivity index (χ3n) is 3.82. The number of likely N-dealkylation sites (tertiary alicyclic amines) is 1. The van der Waals surface area contributed by atoms with Crippen LogP contribution in [0, 0.1) is 5.82 Å². The maximum atomic E-state index is 12.9. The lowest BCUT2D eigenvalue weighted by Crippen LogP contribution is -2.44. The highest BCUT2D eigenvalue weighted by molar-refractivity contribution is 5.96. The topological polar surface area (TPSA) is 77.4 Å². The summed E-state index contributed by atoms with van der Waals surface area (Å²) in [5.74, 6) is -0.336. The Morgan fingerprint density at radius 3 is 2.92 bits per heavy atom. The molecule has 0 radical (unpaired) electrons. The van der Waals surface area contributed by atoms with Gasteiger partial charge in [-0.3, -0.25) is 4.79 Å². The summed E-state index contributed by atoms with van der Waals surface area (Å²) in [7, 11) is 0. The molecule has 1 amide bonds. The zero-order valence-corrected chi connectivity index (χ0v) is 13.9. The monoisotopic (exact) mass is 346 g/mol. The molecule has 1 saturated heterocycles. The van der Waals surface area contributed by atoms with Gasteiger partial charge in [-0.15, -0.1) is 0 Å². The van der Waals surface area contributed by atoms with Crippen LogP contribution in [0.15, 0.2) is 30.7 Å². The molecule has 1 aliphatic rings. The third kappa shape index (κ3) is 4.20. The first-order valence-corrected chi connectivity index (χ1v) is 8.18. The number of rotatable bonds is 5. The molecule has 0 spiro atoms. The second-order valence-corrected chi connectivity index (χ2v) is 5.61. The van der Waals surface area contributed by atoms with Gasteiger partial charge in [-0.25, -0.2) is 19.3 Å². The van der Waals surface area contributed by atoms with Crippen molar-refractivity contribution in [3.63, 3.8) is 0 Å². The van der Waals surface area contributed by atoms with Crippen LogP contribution in [0.3, 0.4) is 0 Å². The van der Waals surface area contributed by atoms with Crippen LogP contribution >= 0.6 is 0 Å². The van der Waals surface area contributed by atoms with Crippen molar-refractivity contribution in [2.24, 2.45) is 0 Å². The van der Waals surface area contributed by atoms with Gasteiger partial charge < -0.3 is 14.4 Å². The number of halogens is 1. The standard InChI is InChI=1S/C17H19FN4O3/c1-2-24-15-14(6-3-7-19-15)16(23)22-8-4-5-13(11-22)25-17-20-9-12(18)10-21-17/h3,6-7,9-10,13H,2,4-5,8,11H2,1H3. The summed E-state index contributed by atoms with van der Waals surface area (Å²) >= 11 is 0.